The van der Waals surface area contributed by atoms with Crippen LogP contribution in [0.5, 0.6) is 0 Å². The van der Waals surface area contributed by atoms with E-state index < -0.39 is 5.91 Å². The van der Waals surface area contributed by atoms with E-state index in [0.717, 1.165) is 5.76 Å². The number of benzene rings is 1. The van der Waals surface area contributed by atoms with Gasteiger partial charge in [-0.2, -0.15) is 5.26 Å². The highest BCUT2D eigenvalue weighted by molar-refractivity contribution is 6.03. The van der Waals surface area contributed by atoms with Crippen molar-refractivity contribution in [2.45, 2.75) is 6.54 Å². The molecule has 1 aromatic carbocycles. The lowest BCUT2D eigenvalue weighted by Crippen LogP contribution is -2.15. The van der Waals surface area contributed by atoms with Crippen LogP contribution in [-0.4, -0.2) is 15.9 Å². The Kier molecular flexibility index (Phi) is 4.49. The van der Waals surface area contributed by atoms with Gasteiger partial charge in [-0.05, 0) is 24.3 Å². The van der Waals surface area contributed by atoms with Crippen LogP contribution in [0.3, 0.4) is 0 Å². The molecule has 1 amide bonds. The molecule has 0 aliphatic carbocycles. The second-order valence-corrected chi connectivity index (χ2v) is 4.83. The van der Waals surface area contributed by atoms with Gasteiger partial charge in [0.2, 0.25) is 0 Å². The quantitative estimate of drug-likeness (QED) is 0.749. The second kappa shape index (κ2) is 7.07. The number of amides is 1. The predicted molar refractivity (Wildman–Crippen MR) is 87.2 cm³/mol. The minimum absolute atomic E-state index is 0.194. The van der Waals surface area contributed by atoms with Crippen molar-refractivity contribution in [3.8, 4) is 6.07 Å². The first-order chi connectivity index (χ1) is 11.8. The predicted octanol–water partition coefficient (Wildman–Crippen LogP) is 2.81. The zero-order valence-corrected chi connectivity index (χ0v) is 12.6. The molecule has 0 bridgehead atoms. The largest absolute Gasteiger partial charge is 0.467 e. The van der Waals surface area contributed by atoms with Gasteiger partial charge in [0.1, 0.15) is 29.7 Å². The lowest BCUT2D eigenvalue weighted by molar-refractivity contribution is 0.102. The van der Waals surface area contributed by atoms with Gasteiger partial charge in [0, 0.05) is 6.07 Å². The van der Waals surface area contributed by atoms with E-state index in [1.54, 1.807) is 36.6 Å². The third kappa shape index (κ3) is 3.56. The monoisotopic (exact) mass is 319 g/mol. The van der Waals surface area contributed by atoms with Crippen molar-refractivity contribution in [1.82, 2.24) is 9.97 Å². The third-order valence-corrected chi connectivity index (χ3v) is 3.22. The summed E-state index contributed by atoms with van der Waals surface area (Å²) < 4.78 is 5.22. The molecule has 7 heteroatoms. The molecule has 0 fully saturated rings. The number of furan rings is 1. The van der Waals surface area contributed by atoms with E-state index in [4.69, 9.17) is 9.68 Å². The molecular weight excluding hydrogens is 306 g/mol. The Morgan fingerprint density at radius 1 is 1.21 bits per heavy atom. The van der Waals surface area contributed by atoms with Gasteiger partial charge in [0.05, 0.1) is 24.1 Å². The maximum absolute atomic E-state index is 12.3. The molecule has 118 valence electrons. The van der Waals surface area contributed by atoms with Gasteiger partial charge in [-0.1, -0.05) is 12.1 Å². The fourth-order valence-electron chi connectivity index (χ4n) is 2.04. The van der Waals surface area contributed by atoms with E-state index in [9.17, 15) is 4.79 Å². The molecule has 3 rings (SSSR count). The maximum atomic E-state index is 12.3. The van der Waals surface area contributed by atoms with Crippen LogP contribution < -0.4 is 10.6 Å². The smallest absolute Gasteiger partial charge is 0.274 e. The third-order valence-electron chi connectivity index (χ3n) is 3.22. The van der Waals surface area contributed by atoms with Crippen molar-refractivity contribution in [2.75, 3.05) is 10.6 Å². The first kappa shape index (κ1) is 15.2. The molecule has 0 spiro atoms. The summed E-state index contributed by atoms with van der Waals surface area (Å²) in [5.41, 5.74) is 1.02. The molecule has 3 aromatic rings. The van der Waals surface area contributed by atoms with Crippen LogP contribution in [0.1, 0.15) is 21.8 Å². The van der Waals surface area contributed by atoms with Crippen LogP contribution in [0.2, 0.25) is 0 Å². The fourth-order valence-corrected chi connectivity index (χ4v) is 2.04. The van der Waals surface area contributed by atoms with Crippen LogP contribution >= 0.6 is 0 Å². The summed E-state index contributed by atoms with van der Waals surface area (Å²) in [5, 5.41) is 14.8. The number of hydrogen-bond donors (Lipinski definition) is 2. The molecule has 0 saturated heterocycles. The molecule has 0 aliphatic rings. The summed E-state index contributed by atoms with van der Waals surface area (Å²) in [7, 11) is 0. The van der Waals surface area contributed by atoms with Crippen LogP contribution in [0, 0.1) is 11.3 Å². The number of anilines is 2. The minimum Gasteiger partial charge on any atom is -0.467 e. The minimum atomic E-state index is -0.416. The summed E-state index contributed by atoms with van der Waals surface area (Å²) in [5.74, 6) is 0.837. The summed E-state index contributed by atoms with van der Waals surface area (Å²) in [6.07, 6.45) is 2.89. The molecule has 7 nitrogen and oxygen atoms in total. The highest BCUT2D eigenvalue weighted by atomic mass is 16.3. The first-order valence-electron chi connectivity index (χ1n) is 7.15. The van der Waals surface area contributed by atoms with Crippen molar-refractivity contribution in [3.63, 3.8) is 0 Å². The van der Waals surface area contributed by atoms with E-state index in [1.807, 2.05) is 12.1 Å². The zero-order chi connectivity index (χ0) is 16.8. The Morgan fingerprint density at radius 2 is 2.08 bits per heavy atom. The van der Waals surface area contributed by atoms with Crippen LogP contribution in [0.15, 0.2) is 59.5 Å². The lowest BCUT2D eigenvalue weighted by atomic mass is 10.2. The number of rotatable bonds is 5. The number of nitrogens with one attached hydrogen (secondary N) is 2. The number of hydrogen-bond acceptors (Lipinski definition) is 6. The Hall–Kier alpha value is -3.66. The Balaban J connectivity index is 1.71. The van der Waals surface area contributed by atoms with Crippen molar-refractivity contribution >= 4 is 17.4 Å². The summed E-state index contributed by atoms with van der Waals surface area (Å²) in [6.45, 7) is 0.447. The van der Waals surface area contributed by atoms with Crippen LogP contribution in [-0.2, 0) is 6.54 Å². The van der Waals surface area contributed by atoms with E-state index in [2.05, 4.69) is 20.6 Å². The summed E-state index contributed by atoms with van der Waals surface area (Å²) >= 11 is 0. The van der Waals surface area contributed by atoms with Crippen molar-refractivity contribution < 1.29 is 9.21 Å². The maximum Gasteiger partial charge on any atom is 0.274 e. The van der Waals surface area contributed by atoms with Crippen LogP contribution in [0.4, 0.5) is 11.5 Å². The number of carbonyl (C=O) groups is 1. The molecule has 0 atom stereocenters. The van der Waals surface area contributed by atoms with Crippen molar-refractivity contribution in [1.29, 1.82) is 5.26 Å². The molecular formula is C17H13N5O2. The molecule has 2 N–H and O–H groups in total. The summed E-state index contributed by atoms with van der Waals surface area (Å²) in [4.78, 5) is 20.3. The number of aromatic nitrogens is 2. The molecule has 24 heavy (non-hydrogen) atoms. The normalized spacial score (nSPS) is 9.96. The van der Waals surface area contributed by atoms with Gasteiger partial charge in [-0.3, -0.25) is 4.79 Å². The number of nitriles is 1. The first-order valence-corrected chi connectivity index (χ1v) is 7.15. The van der Waals surface area contributed by atoms with E-state index in [-0.39, 0.29) is 5.69 Å². The second-order valence-electron chi connectivity index (χ2n) is 4.83. The van der Waals surface area contributed by atoms with Crippen LogP contribution in [0.25, 0.3) is 0 Å². The van der Waals surface area contributed by atoms with E-state index in [1.165, 1.54) is 12.4 Å². The Labute approximate surface area is 138 Å². The molecule has 2 heterocycles. The number of nitrogens with zero attached hydrogens (tertiary/aromatic N) is 3. The standard InChI is InChI=1S/C17H13N5O2/c18-9-12-4-1-2-6-14(12)22-17(23)15-8-16(21-11-20-15)19-10-13-5-3-7-24-13/h1-8,11H,10H2,(H,22,23)(H,19,20,21). The van der Waals surface area contributed by atoms with E-state index in [0.29, 0.717) is 23.6 Å². The number of carbonyl (C=O) groups excluding carboxylic acids is 1. The molecule has 0 radical (unpaired) electrons. The van der Waals surface area contributed by atoms with E-state index >= 15 is 0 Å². The summed E-state index contributed by atoms with van der Waals surface area (Å²) in [6, 6.07) is 14.0. The van der Waals surface area contributed by atoms with Gasteiger partial charge >= 0.3 is 0 Å². The molecule has 2 aromatic heterocycles. The Morgan fingerprint density at radius 3 is 2.88 bits per heavy atom. The fraction of sp³-hybridized carbons (Fsp3) is 0.0588. The average Bonchev–Trinajstić information content (AvgIpc) is 3.14. The SMILES string of the molecule is N#Cc1ccccc1NC(=O)c1cc(NCc2ccco2)ncn1. The van der Waals surface area contributed by atoms with Gasteiger partial charge in [0.15, 0.2) is 0 Å². The van der Waals surface area contributed by atoms with Crippen molar-refractivity contribution in [3.05, 3.63) is 72.1 Å². The average molecular weight is 319 g/mol. The lowest BCUT2D eigenvalue weighted by Gasteiger charge is -2.08. The number of para-hydroxylation sites is 1. The Bertz CT molecular complexity index is 884. The molecule has 0 saturated carbocycles. The highest BCUT2D eigenvalue weighted by Gasteiger charge is 2.11. The van der Waals surface area contributed by atoms with Gasteiger partial charge in [-0.15, -0.1) is 0 Å². The molecule has 0 unspecified atom stereocenters. The topological polar surface area (TPSA) is 104 Å². The van der Waals surface area contributed by atoms with Gasteiger partial charge in [0.25, 0.3) is 5.91 Å². The van der Waals surface area contributed by atoms with Gasteiger partial charge in [-0.25, -0.2) is 9.97 Å². The van der Waals surface area contributed by atoms with Crippen molar-refractivity contribution in [2.24, 2.45) is 0 Å². The highest BCUT2D eigenvalue weighted by Crippen LogP contribution is 2.15. The zero-order valence-electron chi connectivity index (χ0n) is 12.6. The van der Waals surface area contributed by atoms with Gasteiger partial charge < -0.3 is 15.1 Å². The molecule has 0 aliphatic heterocycles.